The number of carbonyl (C=O) groups excluding carboxylic acids is 1. The number of imidazole rings is 1. The first kappa shape index (κ1) is 19.7. The Hall–Kier alpha value is -4.26. The molecular weight excluding hydrogens is 400 g/mol. The van der Waals surface area contributed by atoms with Crippen molar-refractivity contribution in [2.45, 2.75) is 13.0 Å². The van der Waals surface area contributed by atoms with E-state index in [1.54, 1.807) is 11.7 Å². The monoisotopic (exact) mass is 422 g/mol. The summed E-state index contributed by atoms with van der Waals surface area (Å²) in [7, 11) is 1.81. The quantitative estimate of drug-likeness (QED) is 0.453. The Labute approximate surface area is 185 Å². The number of amides is 1. The predicted octanol–water partition coefficient (Wildman–Crippen LogP) is 3.67. The van der Waals surface area contributed by atoms with E-state index >= 15 is 0 Å². The zero-order valence-electron chi connectivity index (χ0n) is 17.6. The second kappa shape index (κ2) is 8.47. The molecule has 1 N–H and O–H groups in total. The molecule has 7 heteroatoms. The number of carbonyl (C=O) groups is 1. The van der Waals surface area contributed by atoms with E-state index in [1.165, 1.54) is 0 Å². The average Bonchev–Trinajstić information content (AvgIpc) is 3.42. The second-order valence-electron chi connectivity index (χ2n) is 7.62. The van der Waals surface area contributed by atoms with Crippen molar-refractivity contribution >= 4 is 16.9 Å². The van der Waals surface area contributed by atoms with Crippen molar-refractivity contribution in [1.82, 2.24) is 29.9 Å². The summed E-state index contributed by atoms with van der Waals surface area (Å²) in [4.78, 5) is 17.2. The van der Waals surface area contributed by atoms with Crippen molar-refractivity contribution < 1.29 is 4.79 Å². The lowest BCUT2D eigenvalue weighted by Crippen LogP contribution is -2.24. The Balaban J connectivity index is 1.28. The molecule has 0 aliphatic rings. The van der Waals surface area contributed by atoms with Crippen molar-refractivity contribution in [2.75, 3.05) is 0 Å². The molecule has 0 saturated carbocycles. The van der Waals surface area contributed by atoms with Gasteiger partial charge in [-0.3, -0.25) is 14.0 Å². The van der Waals surface area contributed by atoms with Gasteiger partial charge in [0.05, 0.1) is 16.7 Å². The molecule has 0 radical (unpaired) electrons. The first-order chi connectivity index (χ1) is 15.7. The SMILES string of the molecule is Cn1nnc(C(=O)NCc2ccc(-n3cnc4ccccc43)cc2)c1Cc1ccccc1. The zero-order valence-corrected chi connectivity index (χ0v) is 17.6. The van der Waals surface area contributed by atoms with Gasteiger partial charge in [-0.15, -0.1) is 5.10 Å². The van der Waals surface area contributed by atoms with Crippen LogP contribution in [0.1, 0.15) is 27.3 Å². The van der Waals surface area contributed by atoms with Crippen molar-refractivity contribution in [1.29, 1.82) is 0 Å². The summed E-state index contributed by atoms with van der Waals surface area (Å²) in [6.07, 6.45) is 2.42. The minimum Gasteiger partial charge on any atom is -0.347 e. The van der Waals surface area contributed by atoms with Crippen LogP contribution in [0.15, 0.2) is 85.2 Å². The lowest BCUT2D eigenvalue weighted by Gasteiger charge is -2.08. The molecule has 0 aliphatic heterocycles. The molecule has 0 aliphatic carbocycles. The fourth-order valence-electron chi connectivity index (χ4n) is 3.75. The van der Waals surface area contributed by atoms with E-state index in [0.29, 0.717) is 18.7 Å². The Bertz CT molecular complexity index is 1370. The number of nitrogens with one attached hydrogen (secondary N) is 1. The van der Waals surface area contributed by atoms with Crippen LogP contribution >= 0.6 is 0 Å². The molecule has 3 aromatic carbocycles. The van der Waals surface area contributed by atoms with E-state index < -0.39 is 0 Å². The average molecular weight is 422 g/mol. The molecule has 32 heavy (non-hydrogen) atoms. The number of para-hydroxylation sites is 2. The van der Waals surface area contributed by atoms with Gasteiger partial charge in [0.1, 0.15) is 6.33 Å². The van der Waals surface area contributed by atoms with Gasteiger partial charge in [-0.05, 0) is 35.4 Å². The minimum atomic E-state index is -0.228. The van der Waals surface area contributed by atoms with Gasteiger partial charge in [-0.2, -0.15) is 0 Å². The van der Waals surface area contributed by atoms with Crippen molar-refractivity contribution in [3.63, 3.8) is 0 Å². The second-order valence-corrected chi connectivity index (χ2v) is 7.62. The topological polar surface area (TPSA) is 77.6 Å². The molecule has 0 fully saturated rings. The number of hydrogen-bond donors (Lipinski definition) is 1. The van der Waals surface area contributed by atoms with Gasteiger partial charge in [0, 0.05) is 25.7 Å². The highest BCUT2D eigenvalue weighted by atomic mass is 16.2. The third kappa shape index (κ3) is 3.88. The molecule has 2 heterocycles. The van der Waals surface area contributed by atoms with E-state index in [0.717, 1.165) is 33.5 Å². The molecule has 7 nitrogen and oxygen atoms in total. The van der Waals surface area contributed by atoms with Crippen LogP contribution in [-0.4, -0.2) is 30.5 Å². The van der Waals surface area contributed by atoms with E-state index in [9.17, 15) is 4.79 Å². The van der Waals surface area contributed by atoms with E-state index in [4.69, 9.17) is 0 Å². The number of hydrogen-bond acceptors (Lipinski definition) is 4. The summed E-state index contributed by atoms with van der Waals surface area (Å²) in [5.74, 6) is -0.228. The first-order valence-electron chi connectivity index (χ1n) is 10.4. The molecular formula is C25H22N6O. The zero-order chi connectivity index (χ0) is 21.9. The van der Waals surface area contributed by atoms with E-state index in [-0.39, 0.29) is 5.91 Å². The maximum Gasteiger partial charge on any atom is 0.274 e. The predicted molar refractivity (Wildman–Crippen MR) is 122 cm³/mol. The maximum absolute atomic E-state index is 12.8. The lowest BCUT2D eigenvalue weighted by atomic mass is 10.1. The maximum atomic E-state index is 12.8. The van der Waals surface area contributed by atoms with Gasteiger partial charge in [0.15, 0.2) is 5.69 Å². The van der Waals surface area contributed by atoms with Gasteiger partial charge in [-0.1, -0.05) is 59.8 Å². The number of nitrogens with zero attached hydrogens (tertiary/aromatic N) is 5. The van der Waals surface area contributed by atoms with Crippen LogP contribution in [0, 0.1) is 0 Å². The van der Waals surface area contributed by atoms with Gasteiger partial charge in [-0.25, -0.2) is 4.98 Å². The third-order valence-electron chi connectivity index (χ3n) is 5.49. The number of benzene rings is 3. The van der Waals surface area contributed by atoms with Crippen LogP contribution in [0.25, 0.3) is 16.7 Å². The van der Waals surface area contributed by atoms with Crippen LogP contribution in [0.4, 0.5) is 0 Å². The molecule has 1 amide bonds. The number of fused-ring (bicyclic) bond motifs is 1. The molecule has 0 saturated heterocycles. The normalized spacial score (nSPS) is 11.0. The summed E-state index contributed by atoms with van der Waals surface area (Å²) < 4.78 is 3.71. The molecule has 5 aromatic rings. The van der Waals surface area contributed by atoms with Gasteiger partial charge in [0.25, 0.3) is 5.91 Å². The summed E-state index contributed by atoms with van der Waals surface area (Å²) in [5, 5.41) is 11.1. The Morgan fingerprint density at radius 1 is 0.906 bits per heavy atom. The van der Waals surface area contributed by atoms with Crippen LogP contribution in [-0.2, 0) is 20.0 Å². The highest BCUT2D eigenvalue weighted by Crippen LogP contribution is 2.18. The molecule has 0 unspecified atom stereocenters. The summed E-state index contributed by atoms with van der Waals surface area (Å²) >= 11 is 0. The Morgan fingerprint density at radius 2 is 1.66 bits per heavy atom. The molecule has 158 valence electrons. The summed E-state index contributed by atoms with van der Waals surface area (Å²) in [6, 6.07) is 26.1. The molecule has 0 atom stereocenters. The Morgan fingerprint density at radius 3 is 2.47 bits per heavy atom. The van der Waals surface area contributed by atoms with Crippen LogP contribution in [0.3, 0.4) is 0 Å². The van der Waals surface area contributed by atoms with Crippen LogP contribution < -0.4 is 5.32 Å². The van der Waals surface area contributed by atoms with Crippen molar-refractivity contribution in [3.05, 3.63) is 108 Å². The van der Waals surface area contributed by atoms with E-state index in [2.05, 4.69) is 20.6 Å². The summed E-state index contributed by atoms with van der Waals surface area (Å²) in [5.41, 5.74) is 6.29. The molecule has 2 aromatic heterocycles. The van der Waals surface area contributed by atoms with Gasteiger partial charge < -0.3 is 5.32 Å². The summed E-state index contributed by atoms with van der Waals surface area (Å²) in [6.45, 7) is 0.408. The molecule has 0 bridgehead atoms. The van der Waals surface area contributed by atoms with Crippen molar-refractivity contribution in [3.8, 4) is 5.69 Å². The Kier molecular flexibility index (Phi) is 5.21. The number of aryl methyl sites for hydroxylation is 1. The highest BCUT2D eigenvalue weighted by molar-refractivity contribution is 5.93. The highest BCUT2D eigenvalue weighted by Gasteiger charge is 2.18. The van der Waals surface area contributed by atoms with Crippen molar-refractivity contribution in [2.24, 2.45) is 7.05 Å². The van der Waals surface area contributed by atoms with Crippen LogP contribution in [0.5, 0.6) is 0 Å². The number of rotatable bonds is 6. The fourth-order valence-corrected chi connectivity index (χ4v) is 3.75. The largest absolute Gasteiger partial charge is 0.347 e. The molecule has 0 spiro atoms. The fraction of sp³-hybridized carbons (Fsp3) is 0.120. The lowest BCUT2D eigenvalue weighted by molar-refractivity contribution is 0.0945. The minimum absolute atomic E-state index is 0.228. The van der Waals surface area contributed by atoms with Crippen LogP contribution in [0.2, 0.25) is 0 Å². The first-order valence-corrected chi connectivity index (χ1v) is 10.4. The van der Waals surface area contributed by atoms with Gasteiger partial charge >= 0.3 is 0 Å². The van der Waals surface area contributed by atoms with Gasteiger partial charge in [0.2, 0.25) is 0 Å². The van der Waals surface area contributed by atoms with E-state index in [1.807, 2.05) is 89.8 Å². The number of aromatic nitrogens is 5. The standard InChI is InChI=1S/C25H22N6O/c1-30-23(15-18-7-3-2-4-8-18)24(28-29-30)25(32)26-16-19-11-13-20(14-12-19)31-17-27-21-9-5-6-10-22(21)31/h2-14,17H,15-16H2,1H3,(H,26,32). The smallest absolute Gasteiger partial charge is 0.274 e. The molecule has 5 rings (SSSR count). The third-order valence-corrected chi connectivity index (χ3v) is 5.49.